The third kappa shape index (κ3) is 5.54. The molecular formula is C22H21NO7. The number of hydrogen-bond acceptors (Lipinski definition) is 4. The fraction of sp³-hybridized carbons (Fsp3) is 0.182. The Labute approximate surface area is 172 Å². The van der Waals surface area contributed by atoms with Crippen molar-refractivity contribution in [2.45, 2.75) is 25.8 Å². The molecule has 1 atom stereocenters. The predicted molar refractivity (Wildman–Crippen MR) is 108 cm³/mol. The maximum Gasteiger partial charge on any atom is 0.328 e. The number of rotatable bonds is 6. The quantitative estimate of drug-likeness (QED) is 0.622. The molecule has 1 aliphatic rings. The second-order valence-electron chi connectivity index (χ2n) is 6.45. The number of fused-ring (bicyclic) bond motifs is 1. The van der Waals surface area contributed by atoms with Crippen LogP contribution in [0, 0.1) is 0 Å². The predicted octanol–water partition coefficient (Wildman–Crippen LogP) is 3.14. The van der Waals surface area contributed by atoms with E-state index < -0.39 is 23.8 Å². The molecule has 0 bridgehead atoms. The van der Waals surface area contributed by atoms with Gasteiger partial charge in [-0.2, -0.15) is 0 Å². The Kier molecular flexibility index (Phi) is 7.46. The Bertz CT molecular complexity index is 963. The van der Waals surface area contributed by atoms with E-state index in [0.29, 0.717) is 25.1 Å². The molecule has 8 heteroatoms. The molecule has 0 aromatic heterocycles. The smallest absolute Gasteiger partial charge is 0.328 e. The first-order chi connectivity index (χ1) is 14.2. The molecule has 0 fully saturated rings. The highest BCUT2D eigenvalue weighted by Crippen LogP contribution is 2.29. The van der Waals surface area contributed by atoms with Gasteiger partial charge in [0.2, 0.25) is 0 Å². The van der Waals surface area contributed by atoms with Crippen LogP contribution in [0.4, 0.5) is 5.69 Å². The van der Waals surface area contributed by atoms with Crippen LogP contribution >= 0.6 is 0 Å². The summed E-state index contributed by atoms with van der Waals surface area (Å²) < 4.78 is 0. The van der Waals surface area contributed by atoms with Crippen LogP contribution in [0.15, 0.2) is 60.7 Å². The lowest BCUT2D eigenvalue weighted by Crippen LogP contribution is -2.23. The lowest BCUT2D eigenvalue weighted by molar-refractivity contribution is -0.139. The Morgan fingerprint density at radius 3 is 2.00 bits per heavy atom. The van der Waals surface area contributed by atoms with Crippen molar-refractivity contribution in [1.29, 1.82) is 0 Å². The second kappa shape index (κ2) is 10.0. The van der Waals surface area contributed by atoms with Crippen molar-refractivity contribution in [2.24, 2.45) is 0 Å². The number of anilines is 1. The van der Waals surface area contributed by atoms with Gasteiger partial charge in [0.05, 0.1) is 12.5 Å². The van der Waals surface area contributed by atoms with Crippen molar-refractivity contribution in [3.8, 4) is 0 Å². The number of hydrogen-bond donors (Lipinski definition) is 3. The van der Waals surface area contributed by atoms with Crippen LogP contribution in [-0.4, -0.2) is 39.1 Å². The number of benzene rings is 2. The van der Waals surface area contributed by atoms with Crippen molar-refractivity contribution in [1.82, 2.24) is 0 Å². The molecule has 156 valence electrons. The Morgan fingerprint density at radius 1 is 0.967 bits per heavy atom. The number of carboxylic acids is 3. The third-order valence-corrected chi connectivity index (χ3v) is 4.50. The van der Waals surface area contributed by atoms with Crippen LogP contribution in [-0.2, 0) is 20.9 Å². The Hall–Kier alpha value is -3.94. The van der Waals surface area contributed by atoms with Gasteiger partial charge < -0.3 is 20.2 Å². The highest BCUT2D eigenvalue weighted by atomic mass is 16.4. The largest absolute Gasteiger partial charge is 0.481 e. The SMILES string of the molecule is CC[C@H](C(=O)O)c1ccc(N2Cc3ccccc3C2=O)cc1.O=C(O)/C=C/C(=O)O. The van der Waals surface area contributed by atoms with E-state index in [1.165, 1.54) is 0 Å². The van der Waals surface area contributed by atoms with Crippen LogP contribution in [0.25, 0.3) is 0 Å². The maximum absolute atomic E-state index is 12.4. The first-order valence-corrected chi connectivity index (χ1v) is 9.11. The first kappa shape index (κ1) is 22.4. The Balaban J connectivity index is 0.000000343. The van der Waals surface area contributed by atoms with Gasteiger partial charge in [-0.25, -0.2) is 9.59 Å². The minimum absolute atomic E-state index is 0.00590. The van der Waals surface area contributed by atoms with Crippen molar-refractivity contribution in [3.05, 3.63) is 77.4 Å². The molecule has 0 saturated carbocycles. The molecule has 0 spiro atoms. The summed E-state index contributed by atoms with van der Waals surface area (Å²) in [5.41, 5.74) is 3.32. The van der Waals surface area contributed by atoms with E-state index in [1.54, 1.807) is 17.0 Å². The van der Waals surface area contributed by atoms with Crippen LogP contribution in [0.1, 0.15) is 40.7 Å². The molecule has 1 heterocycles. The zero-order valence-corrected chi connectivity index (χ0v) is 16.2. The minimum Gasteiger partial charge on any atom is -0.481 e. The number of amides is 1. The summed E-state index contributed by atoms with van der Waals surface area (Å²) in [6.45, 7) is 2.41. The normalized spacial score (nSPS) is 13.4. The summed E-state index contributed by atoms with van der Waals surface area (Å²) >= 11 is 0. The zero-order chi connectivity index (χ0) is 22.3. The third-order valence-electron chi connectivity index (χ3n) is 4.50. The van der Waals surface area contributed by atoms with Gasteiger partial charge in [-0.05, 0) is 35.7 Å². The number of carbonyl (C=O) groups excluding carboxylic acids is 1. The number of aliphatic carboxylic acids is 3. The number of nitrogens with zero attached hydrogens (tertiary/aromatic N) is 1. The molecule has 8 nitrogen and oxygen atoms in total. The van der Waals surface area contributed by atoms with Crippen LogP contribution in [0.3, 0.4) is 0 Å². The van der Waals surface area contributed by atoms with Gasteiger partial charge in [-0.3, -0.25) is 9.59 Å². The fourth-order valence-electron chi connectivity index (χ4n) is 3.04. The average Bonchev–Trinajstić information content (AvgIpc) is 3.05. The van der Waals surface area contributed by atoms with Crippen LogP contribution in [0.2, 0.25) is 0 Å². The monoisotopic (exact) mass is 411 g/mol. The van der Waals surface area contributed by atoms with Crippen molar-refractivity contribution < 1.29 is 34.5 Å². The van der Waals surface area contributed by atoms with Crippen LogP contribution < -0.4 is 4.90 Å². The summed E-state index contributed by atoms with van der Waals surface area (Å²) in [6.07, 6.45) is 1.66. The lowest BCUT2D eigenvalue weighted by Gasteiger charge is -2.17. The van der Waals surface area contributed by atoms with Gasteiger partial charge in [-0.1, -0.05) is 37.3 Å². The van der Waals surface area contributed by atoms with E-state index in [2.05, 4.69) is 0 Å². The first-order valence-electron chi connectivity index (χ1n) is 9.11. The summed E-state index contributed by atoms with van der Waals surface area (Å²) in [7, 11) is 0. The molecule has 3 rings (SSSR count). The summed E-state index contributed by atoms with van der Waals surface area (Å²) in [5.74, 6) is -3.84. The lowest BCUT2D eigenvalue weighted by atomic mass is 9.96. The topological polar surface area (TPSA) is 132 Å². The van der Waals surface area contributed by atoms with Gasteiger partial charge in [-0.15, -0.1) is 0 Å². The van der Waals surface area contributed by atoms with Gasteiger partial charge in [0.1, 0.15) is 0 Å². The average molecular weight is 411 g/mol. The minimum atomic E-state index is -1.26. The zero-order valence-electron chi connectivity index (χ0n) is 16.2. The number of carbonyl (C=O) groups is 4. The molecule has 3 N–H and O–H groups in total. The van der Waals surface area contributed by atoms with Crippen LogP contribution in [0.5, 0.6) is 0 Å². The van der Waals surface area contributed by atoms with E-state index in [-0.39, 0.29) is 5.91 Å². The molecule has 1 aliphatic heterocycles. The molecule has 0 radical (unpaired) electrons. The number of carboxylic acid groups (broad SMARTS) is 3. The fourth-order valence-corrected chi connectivity index (χ4v) is 3.04. The van der Waals surface area contributed by atoms with Gasteiger partial charge in [0.25, 0.3) is 5.91 Å². The van der Waals surface area contributed by atoms with Crippen molar-refractivity contribution in [2.75, 3.05) is 4.90 Å². The van der Waals surface area contributed by atoms with Gasteiger partial charge in [0, 0.05) is 23.4 Å². The standard InChI is InChI=1S/C18H17NO3.C4H4O4/c1-2-15(18(21)22)12-7-9-14(10-8-12)19-11-13-5-3-4-6-16(13)17(19)20;5-3(6)1-2-4(7)8/h3-10,15H,2,11H2,1H3,(H,21,22);1-2H,(H,5,6)(H,7,8)/b;2-1+/t15-;/m0./s1. The maximum atomic E-state index is 12.4. The summed E-state index contributed by atoms with van der Waals surface area (Å²) in [6, 6.07) is 14.8. The van der Waals surface area contributed by atoms with E-state index in [0.717, 1.165) is 22.4 Å². The highest BCUT2D eigenvalue weighted by molar-refractivity contribution is 6.10. The van der Waals surface area contributed by atoms with E-state index in [4.69, 9.17) is 10.2 Å². The second-order valence-corrected chi connectivity index (χ2v) is 6.45. The molecule has 1 amide bonds. The molecular weight excluding hydrogens is 390 g/mol. The molecule has 0 saturated heterocycles. The van der Waals surface area contributed by atoms with E-state index in [1.807, 2.05) is 43.3 Å². The van der Waals surface area contributed by atoms with Gasteiger partial charge >= 0.3 is 17.9 Å². The molecule has 30 heavy (non-hydrogen) atoms. The van der Waals surface area contributed by atoms with Gasteiger partial charge in [0.15, 0.2) is 0 Å². The highest BCUT2D eigenvalue weighted by Gasteiger charge is 2.28. The van der Waals surface area contributed by atoms with E-state index in [9.17, 15) is 24.3 Å². The summed E-state index contributed by atoms with van der Waals surface area (Å²) in [4.78, 5) is 44.4. The van der Waals surface area contributed by atoms with E-state index >= 15 is 0 Å². The molecule has 2 aromatic rings. The molecule has 2 aromatic carbocycles. The molecule has 0 unspecified atom stereocenters. The van der Waals surface area contributed by atoms with Crippen molar-refractivity contribution in [3.63, 3.8) is 0 Å². The summed E-state index contributed by atoms with van der Waals surface area (Å²) in [5, 5.41) is 24.8. The molecule has 0 aliphatic carbocycles. The van der Waals surface area contributed by atoms with Crippen molar-refractivity contribution >= 4 is 29.5 Å². The Morgan fingerprint density at radius 2 is 1.53 bits per heavy atom.